The number of halogens is 1. The molecule has 4 nitrogen and oxygen atoms in total. The molecule has 2 aliphatic heterocycles. The van der Waals surface area contributed by atoms with E-state index in [-0.39, 0.29) is 29.4 Å². The highest BCUT2D eigenvalue weighted by atomic mass is 127. The van der Waals surface area contributed by atoms with Gasteiger partial charge in [-0.1, -0.05) is 37.3 Å². The molecule has 0 aromatic heterocycles. The SMILES string of the molecule is CCNC(=NCC1CCN(C2CC2)C1)N1CCC(C)(c2ccccc2)C1.I. The molecule has 0 radical (unpaired) electrons. The summed E-state index contributed by atoms with van der Waals surface area (Å²) in [4.78, 5) is 10.2. The number of likely N-dealkylation sites (tertiary alicyclic amines) is 2. The van der Waals surface area contributed by atoms with Gasteiger partial charge < -0.3 is 15.1 Å². The first-order valence-electron chi connectivity index (χ1n) is 10.5. The predicted octanol–water partition coefficient (Wildman–Crippen LogP) is 3.72. The Bertz CT molecular complexity index is 630. The van der Waals surface area contributed by atoms with Crippen LogP contribution in [0, 0.1) is 5.92 Å². The highest BCUT2D eigenvalue weighted by Crippen LogP contribution is 2.34. The molecular weight excluding hydrogens is 447 g/mol. The Labute approximate surface area is 181 Å². The maximum Gasteiger partial charge on any atom is 0.193 e. The maximum atomic E-state index is 5.06. The summed E-state index contributed by atoms with van der Waals surface area (Å²) in [5.41, 5.74) is 1.68. The monoisotopic (exact) mass is 482 g/mol. The summed E-state index contributed by atoms with van der Waals surface area (Å²) in [7, 11) is 0. The largest absolute Gasteiger partial charge is 0.357 e. The van der Waals surface area contributed by atoms with E-state index < -0.39 is 0 Å². The average Bonchev–Trinajstić information content (AvgIpc) is 3.27. The van der Waals surface area contributed by atoms with Crippen molar-refractivity contribution in [2.24, 2.45) is 10.9 Å². The van der Waals surface area contributed by atoms with Crippen LogP contribution in [0.15, 0.2) is 35.3 Å². The molecule has 1 aromatic carbocycles. The first-order chi connectivity index (χ1) is 12.7. The third kappa shape index (κ3) is 4.97. The number of hydrogen-bond donors (Lipinski definition) is 1. The number of nitrogens with one attached hydrogen (secondary N) is 1. The van der Waals surface area contributed by atoms with Gasteiger partial charge in [0.05, 0.1) is 0 Å². The van der Waals surface area contributed by atoms with Crippen LogP contribution in [0.4, 0.5) is 0 Å². The molecule has 0 bridgehead atoms. The zero-order valence-electron chi connectivity index (χ0n) is 16.9. The van der Waals surface area contributed by atoms with Crippen LogP contribution in [-0.2, 0) is 5.41 Å². The fourth-order valence-corrected chi connectivity index (χ4v) is 4.64. The second-order valence-electron chi connectivity index (χ2n) is 8.67. The number of nitrogens with zero attached hydrogens (tertiary/aromatic N) is 3. The molecule has 4 rings (SSSR count). The van der Waals surface area contributed by atoms with Crippen LogP contribution in [-0.4, -0.2) is 61.1 Å². The first-order valence-corrected chi connectivity index (χ1v) is 10.5. The Balaban J connectivity index is 0.00000210. The predicted molar refractivity (Wildman–Crippen MR) is 124 cm³/mol. The van der Waals surface area contributed by atoms with E-state index in [9.17, 15) is 0 Å². The Kier molecular flexibility index (Phi) is 7.06. The van der Waals surface area contributed by atoms with Crippen molar-refractivity contribution in [2.45, 2.75) is 51.0 Å². The molecule has 3 fully saturated rings. The average molecular weight is 482 g/mol. The van der Waals surface area contributed by atoms with E-state index in [1.54, 1.807) is 0 Å². The van der Waals surface area contributed by atoms with E-state index in [1.807, 2.05) is 0 Å². The van der Waals surface area contributed by atoms with Crippen molar-refractivity contribution in [1.29, 1.82) is 0 Å². The van der Waals surface area contributed by atoms with Crippen LogP contribution in [0.25, 0.3) is 0 Å². The summed E-state index contributed by atoms with van der Waals surface area (Å²) in [6.07, 6.45) is 5.36. The van der Waals surface area contributed by atoms with Crippen molar-refractivity contribution >= 4 is 29.9 Å². The summed E-state index contributed by atoms with van der Waals surface area (Å²) in [5, 5.41) is 3.55. The summed E-state index contributed by atoms with van der Waals surface area (Å²) in [6.45, 7) is 11.2. The second kappa shape index (κ2) is 9.12. The maximum absolute atomic E-state index is 5.06. The van der Waals surface area contributed by atoms with Crippen molar-refractivity contribution in [1.82, 2.24) is 15.1 Å². The standard InChI is InChI=1S/C22H34N4.HI/c1-3-23-21(24-15-18-11-13-25(16-18)20-9-10-20)26-14-12-22(2,17-26)19-7-5-4-6-8-19;/h4-8,18,20H,3,9-17H2,1-2H3,(H,23,24);1H. The molecule has 1 aliphatic carbocycles. The molecule has 1 saturated carbocycles. The topological polar surface area (TPSA) is 30.9 Å². The van der Waals surface area contributed by atoms with Gasteiger partial charge in [0.25, 0.3) is 0 Å². The van der Waals surface area contributed by atoms with Gasteiger partial charge in [-0.3, -0.25) is 4.99 Å². The summed E-state index contributed by atoms with van der Waals surface area (Å²) in [5.74, 6) is 1.87. The number of aliphatic imine (C=N–C) groups is 1. The lowest BCUT2D eigenvalue weighted by Gasteiger charge is -2.27. The van der Waals surface area contributed by atoms with Gasteiger partial charge in [-0.05, 0) is 50.6 Å². The zero-order valence-corrected chi connectivity index (χ0v) is 19.2. The molecule has 2 saturated heterocycles. The van der Waals surface area contributed by atoms with Crippen molar-refractivity contribution < 1.29 is 0 Å². The minimum Gasteiger partial charge on any atom is -0.357 e. The molecule has 2 heterocycles. The number of benzene rings is 1. The third-order valence-corrected chi connectivity index (χ3v) is 6.46. The fraction of sp³-hybridized carbons (Fsp3) is 0.682. The number of guanidine groups is 1. The van der Waals surface area contributed by atoms with Crippen molar-refractivity contribution in [3.05, 3.63) is 35.9 Å². The molecule has 0 amide bonds. The Morgan fingerprint density at radius 1 is 1.19 bits per heavy atom. The Morgan fingerprint density at radius 2 is 1.96 bits per heavy atom. The van der Waals surface area contributed by atoms with Gasteiger partial charge in [-0.2, -0.15) is 0 Å². The number of hydrogen-bond acceptors (Lipinski definition) is 2. The van der Waals surface area contributed by atoms with Crippen LogP contribution in [0.1, 0.15) is 45.1 Å². The lowest BCUT2D eigenvalue weighted by Crippen LogP contribution is -2.42. The Morgan fingerprint density at radius 3 is 2.67 bits per heavy atom. The minimum atomic E-state index is 0. The second-order valence-corrected chi connectivity index (χ2v) is 8.67. The van der Waals surface area contributed by atoms with Crippen LogP contribution < -0.4 is 5.32 Å². The molecule has 2 atom stereocenters. The van der Waals surface area contributed by atoms with Gasteiger partial charge in [0.1, 0.15) is 0 Å². The van der Waals surface area contributed by atoms with Gasteiger partial charge in [-0.25, -0.2) is 0 Å². The smallest absolute Gasteiger partial charge is 0.193 e. The van der Waals surface area contributed by atoms with Crippen molar-refractivity contribution in [3.8, 4) is 0 Å². The molecule has 5 heteroatoms. The highest BCUT2D eigenvalue weighted by Gasteiger charge is 2.37. The quantitative estimate of drug-likeness (QED) is 0.395. The van der Waals surface area contributed by atoms with Crippen LogP contribution in [0.5, 0.6) is 0 Å². The molecule has 1 aromatic rings. The first kappa shape index (κ1) is 20.9. The van der Waals surface area contributed by atoms with Gasteiger partial charge in [0.15, 0.2) is 5.96 Å². The highest BCUT2D eigenvalue weighted by molar-refractivity contribution is 14.0. The van der Waals surface area contributed by atoms with Gasteiger partial charge >= 0.3 is 0 Å². The van der Waals surface area contributed by atoms with Crippen molar-refractivity contribution in [2.75, 3.05) is 39.3 Å². The molecule has 3 aliphatic rings. The fourth-order valence-electron chi connectivity index (χ4n) is 4.64. The molecule has 2 unspecified atom stereocenters. The van der Waals surface area contributed by atoms with Gasteiger partial charge in [0, 0.05) is 44.2 Å². The van der Waals surface area contributed by atoms with E-state index in [0.29, 0.717) is 0 Å². The lowest BCUT2D eigenvalue weighted by atomic mass is 9.82. The zero-order chi connectivity index (χ0) is 18.0. The third-order valence-electron chi connectivity index (χ3n) is 6.46. The molecule has 1 N–H and O–H groups in total. The lowest BCUT2D eigenvalue weighted by molar-refractivity contribution is 0.315. The molecular formula is C22H35IN4. The summed E-state index contributed by atoms with van der Waals surface area (Å²) >= 11 is 0. The van der Waals surface area contributed by atoms with Gasteiger partial charge in [0.2, 0.25) is 0 Å². The molecule has 0 spiro atoms. The minimum absolute atomic E-state index is 0. The van der Waals surface area contributed by atoms with Gasteiger partial charge in [-0.15, -0.1) is 24.0 Å². The normalized spacial score (nSPS) is 29.0. The van der Waals surface area contributed by atoms with Crippen LogP contribution in [0.3, 0.4) is 0 Å². The van der Waals surface area contributed by atoms with E-state index in [2.05, 4.69) is 59.3 Å². The molecule has 27 heavy (non-hydrogen) atoms. The summed E-state index contributed by atoms with van der Waals surface area (Å²) < 4.78 is 0. The van der Waals surface area contributed by atoms with Crippen LogP contribution in [0.2, 0.25) is 0 Å². The molecule has 150 valence electrons. The summed E-state index contributed by atoms with van der Waals surface area (Å²) in [6, 6.07) is 11.9. The van der Waals surface area contributed by atoms with Crippen molar-refractivity contribution in [3.63, 3.8) is 0 Å². The van der Waals surface area contributed by atoms with Crippen LogP contribution >= 0.6 is 24.0 Å². The number of rotatable bonds is 5. The van der Waals surface area contributed by atoms with E-state index in [4.69, 9.17) is 4.99 Å². The van der Waals surface area contributed by atoms with E-state index in [1.165, 1.54) is 44.3 Å². The van der Waals surface area contributed by atoms with E-state index >= 15 is 0 Å². The Hall–Kier alpha value is -0.820. The van der Waals surface area contributed by atoms with E-state index in [0.717, 1.165) is 44.1 Å².